The van der Waals surface area contributed by atoms with Crippen LogP contribution < -0.4 is 36.6 Å². The molecule has 7 nitrogen and oxygen atoms in total. The van der Waals surface area contributed by atoms with E-state index in [0.717, 1.165) is 6.07 Å². The summed E-state index contributed by atoms with van der Waals surface area (Å²) in [5, 5.41) is 2.61. The Morgan fingerprint density at radius 2 is 2.07 bits per heavy atom. The average molecular weight is 509 g/mol. The van der Waals surface area contributed by atoms with Gasteiger partial charge in [-0.2, -0.15) is 13.2 Å². The van der Waals surface area contributed by atoms with Gasteiger partial charge in [-0.15, -0.1) is 0 Å². The van der Waals surface area contributed by atoms with Crippen LogP contribution in [0.1, 0.15) is 23.6 Å². The van der Waals surface area contributed by atoms with Crippen molar-refractivity contribution in [3.05, 3.63) is 47.3 Å². The van der Waals surface area contributed by atoms with Crippen molar-refractivity contribution in [1.82, 2.24) is 15.3 Å². The van der Waals surface area contributed by atoms with Gasteiger partial charge in [0.1, 0.15) is 0 Å². The van der Waals surface area contributed by atoms with Crippen LogP contribution in [0.2, 0.25) is 0 Å². The normalized spacial score (nSPS) is 17.1. The summed E-state index contributed by atoms with van der Waals surface area (Å²) >= 11 is -1.15. The molecule has 1 aromatic carbocycles. The van der Waals surface area contributed by atoms with E-state index < -0.39 is 39.4 Å². The Morgan fingerprint density at radius 3 is 2.64 bits per heavy atom. The van der Waals surface area contributed by atoms with Gasteiger partial charge in [0.05, 0.1) is 0 Å². The summed E-state index contributed by atoms with van der Waals surface area (Å²) < 4.78 is 54.2. The molecular formula is C17H17F3IN4O3-. The van der Waals surface area contributed by atoms with Gasteiger partial charge >= 0.3 is 144 Å². The molecule has 1 saturated heterocycles. The van der Waals surface area contributed by atoms with Crippen LogP contribution in [0.3, 0.4) is 0 Å². The summed E-state index contributed by atoms with van der Waals surface area (Å²) in [5.41, 5.74) is -0.0915. The quantitative estimate of drug-likeness (QED) is 0.312. The second kappa shape index (κ2) is 8.47. The predicted molar refractivity (Wildman–Crippen MR) is 89.1 cm³/mol. The van der Waals surface area contributed by atoms with E-state index in [1.54, 1.807) is 13.0 Å². The van der Waals surface area contributed by atoms with Crippen molar-refractivity contribution in [2.45, 2.75) is 30.2 Å². The number of nitrogens with one attached hydrogen (secondary N) is 1. The molecule has 1 aromatic heterocycles. The van der Waals surface area contributed by atoms with E-state index in [9.17, 15) is 21.4 Å². The number of hydrogen-bond acceptors (Lipinski definition) is 5. The molecule has 2 aromatic rings. The van der Waals surface area contributed by atoms with E-state index >= 15 is 0 Å². The van der Waals surface area contributed by atoms with Gasteiger partial charge in [0.2, 0.25) is 0 Å². The van der Waals surface area contributed by atoms with Crippen LogP contribution in [-0.2, 0) is 19.2 Å². The molecule has 2 amide bonds. The molecule has 0 spiro atoms. The van der Waals surface area contributed by atoms with Gasteiger partial charge in [0, 0.05) is 0 Å². The van der Waals surface area contributed by atoms with Crippen LogP contribution in [-0.4, -0.2) is 30.0 Å². The number of carbonyl (C=O) groups excluding carboxylic acids is 1. The summed E-state index contributed by atoms with van der Waals surface area (Å²) in [5.74, 6) is 0.322. The number of hydrogen-bond donors (Lipinski definition) is 2. The number of aryl methyl sites for hydroxylation is 1. The third kappa shape index (κ3) is 4.46. The second-order valence-electron chi connectivity index (χ2n) is 5.93. The summed E-state index contributed by atoms with van der Waals surface area (Å²) in [6, 6.07) is 3.65. The van der Waals surface area contributed by atoms with Crippen molar-refractivity contribution in [3.8, 4) is 5.75 Å². The van der Waals surface area contributed by atoms with E-state index in [1.807, 2.05) is 0 Å². The number of nitrogens with zero attached hydrogens (tertiary/aromatic N) is 3. The minimum absolute atomic E-state index is 0.0789. The maximum absolute atomic E-state index is 13.3. The van der Waals surface area contributed by atoms with Crippen LogP contribution in [0.25, 0.3) is 0 Å². The molecule has 2 N–H and O–H groups in total. The van der Waals surface area contributed by atoms with Gasteiger partial charge < -0.3 is 0 Å². The summed E-state index contributed by atoms with van der Waals surface area (Å²) in [6.07, 6.45) is -1.42. The molecule has 3 rings (SSSR count). The monoisotopic (exact) mass is 509 g/mol. The molecule has 1 aliphatic heterocycles. The molecule has 11 heteroatoms. The van der Waals surface area contributed by atoms with Crippen molar-refractivity contribution in [3.63, 3.8) is 0 Å². The maximum atomic E-state index is 13.3. The molecule has 0 unspecified atom stereocenters. The third-order valence-electron chi connectivity index (χ3n) is 4.18. The van der Waals surface area contributed by atoms with Crippen LogP contribution in [0, 0.1) is 0 Å². The predicted octanol–water partition coefficient (Wildman–Crippen LogP) is -0.511. The Hall–Kier alpha value is -2.15. The number of ether oxygens (including phenoxy) is 1. The summed E-state index contributed by atoms with van der Waals surface area (Å²) in [7, 11) is 0. The Labute approximate surface area is 169 Å². The number of urea groups is 1. The van der Waals surface area contributed by atoms with Crippen molar-refractivity contribution in [2.75, 3.05) is 11.4 Å². The number of benzene rings is 1. The van der Waals surface area contributed by atoms with E-state index in [2.05, 4.69) is 15.3 Å². The first-order valence-electron chi connectivity index (χ1n) is 8.31. The molecule has 1 atom stereocenters. The van der Waals surface area contributed by atoms with E-state index in [-0.39, 0.29) is 34.5 Å². The molecule has 0 radical (unpaired) electrons. The number of aromatic nitrogens is 2. The van der Waals surface area contributed by atoms with Gasteiger partial charge in [-0.1, -0.05) is 13.0 Å². The number of rotatable bonds is 6. The SMILES string of the molecule is CCc1cccc(C(F)(F)F)c1COc1cnc(N2C[C@@H]([I-]O)NC2=O)nc1. The van der Waals surface area contributed by atoms with Gasteiger partial charge in [-0.3, -0.25) is 0 Å². The van der Waals surface area contributed by atoms with E-state index in [4.69, 9.17) is 4.74 Å². The Morgan fingerprint density at radius 1 is 1.36 bits per heavy atom. The number of halogens is 4. The Bertz CT molecular complexity index is 849. The van der Waals surface area contributed by atoms with E-state index in [1.165, 1.54) is 23.4 Å². The number of carbonyl (C=O) groups is 1. The number of amides is 2. The number of alkyl halides is 4. The fourth-order valence-corrected chi connectivity index (χ4v) is 3.78. The molecule has 0 saturated carbocycles. The first-order valence-corrected chi connectivity index (χ1v) is 10.5. The van der Waals surface area contributed by atoms with Gasteiger partial charge in [0.25, 0.3) is 0 Å². The standard InChI is InChI=1S/C17H17F3IN4O3/c1-2-10-4-3-5-13(17(18,19)20)12(10)9-28-11-6-22-15(23-7-11)25-8-14(21-27)24-16(25)26/h3-7,14,27H,2,8-9H2,1H3,(H,24,26)/q-1/t14-/m0/s1. The fraction of sp³-hybridized carbons (Fsp3) is 0.353. The fourth-order valence-electron chi connectivity index (χ4n) is 2.81. The van der Waals surface area contributed by atoms with Crippen LogP contribution >= 0.6 is 0 Å². The van der Waals surface area contributed by atoms with Crippen molar-refractivity contribution >= 4 is 12.0 Å². The second-order valence-corrected chi connectivity index (χ2v) is 7.99. The van der Waals surface area contributed by atoms with Crippen LogP contribution in [0.4, 0.5) is 23.9 Å². The summed E-state index contributed by atoms with van der Waals surface area (Å²) in [6.45, 7) is 1.77. The Balaban J connectivity index is 1.73. The number of anilines is 1. The topological polar surface area (TPSA) is 87.6 Å². The zero-order valence-corrected chi connectivity index (χ0v) is 16.9. The molecule has 152 valence electrons. The van der Waals surface area contributed by atoms with Gasteiger partial charge in [0.15, 0.2) is 0 Å². The molecular weight excluding hydrogens is 492 g/mol. The molecule has 0 aliphatic carbocycles. The van der Waals surface area contributed by atoms with Crippen molar-refractivity contribution < 1.29 is 47.8 Å². The zero-order valence-electron chi connectivity index (χ0n) is 14.7. The van der Waals surface area contributed by atoms with Gasteiger partial charge in [-0.05, 0) is 0 Å². The molecule has 1 fully saturated rings. The third-order valence-corrected chi connectivity index (χ3v) is 5.56. The van der Waals surface area contributed by atoms with Crippen LogP contribution in [0.5, 0.6) is 5.75 Å². The molecule has 0 bridgehead atoms. The Kier molecular flexibility index (Phi) is 6.23. The first-order chi connectivity index (χ1) is 13.3. The molecule has 1 aliphatic rings. The summed E-state index contributed by atoms with van der Waals surface area (Å²) in [4.78, 5) is 21.2. The van der Waals surface area contributed by atoms with Gasteiger partial charge in [-0.25, -0.2) is 0 Å². The molecule has 2 heterocycles. The zero-order chi connectivity index (χ0) is 20.3. The minimum atomic E-state index is -4.47. The average Bonchev–Trinajstić information content (AvgIpc) is 3.06. The van der Waals surface area contributed by atoms with Crippen LogP contribution in [0.15, 0.2) is 30.6 Å². The van der Waals surface area contributed by atoms with Crippen molar-refractivity contribution in [2.24, 2.45) is 0 Å². The first kappa shape index (κ1) is 20.6. The van der Waals surface area contributed by atoms with Crippen molar-refractivity contribution in [1.29, 1.82) is 0 Å². The molecule has 28 heavy (non-hydrogen) atoms. The van der Waals surface area contributed by atoms with E-state index in [0.29, 0.717) is 12.0 Å².